The molecule has 60 valence electrons. The van der Waals surface area contributed by atoms with Gasteiger partial charge in [-0.1, -0.05) is 29.5 Å². The molecule has 0 aromatic rings. The third-order valence-electron chi connectivity index (χ3n) is 2.42. The van der Waals surface area contributed by atoms with Crippen LogP contribution in [-0.2, 0) is 0 Å². The largest absolute Gasteiger partial charge is 0.303 e. The summed E-state index contributed by atoms with van der Waals surface area (Å²) in [6.45, 7) is 3.59. The van der Waals surface area contributed by atoms with Crippen molar-refractivity contribution < 1.29 is 0 Å². The molecule has 0 N–H and O–H groups in total. The van der Waals surface area contributed by atoms with Gasteiger partial charge < -0.3 is 4.90 Å². The molecule has 1 saturated heterocycles. The molecular formula is C8H16IN. The van der Waals surface area contributed by atoms with Crippen molar-refractivity contribution in [3.8, 4) is 0 Å². The summed E-state index contributed by atoms with van der Waals surface area (Å²) in [4.78, 5) is 2.50. The zero-order valence-electron chi connectivity index (χ0n) is 6.81. The molecule has 0 bridgehead atoms. The van der Waals surface area contributed by atoms with Crippen LogP contribution in [-0.4, -0.2) is 28.5 Å². The van der Waals surface area contributed by atoms with Gasteiger partial charge >= 0.3 is 0 Å². The van der Waals surface area contributed by atoms with E-state index in [4.69, 9.17) is 0 Å². The van der Waals surface area contributed by atoms with E-state index in [1.807, 2.05) is 0 Å². The van der Waals surface area contributed by atoms with Crippen molar-refractivity contribution >= 4 is 22.6 Å². The number of likely N-dealkylation sites (tertiary alicyclic amines) is 1. The standard InChI is InChI=1S/C8H16IN/c1-3-8-6-7(9)4-5-10(8)2/h7-8H,3-6H2,1-2H3/t7-,8+/m1/s1. The summed E-state index contributed by atoms with van der Waals surface area (Å²) < 4.78 is 0.929. The SMILES string of the molecule is CC[C@H]1C[C@H](I)CCN1C. The lowest BCUT2D eigenvalue weighted by atomic mass is 10.0. The number of hydrogen-bond acceptors (Lipinski definition) is 1. The molecule has 2 heteroatoms. The Kier molecular flexibility index (Phi) is 3.43. The molecule has 2 atom stereocenters. The van der Waals surface area contributed by atoms with Crippen LogP contribution in [0.4, 0.5) is 0 Å². The van der Waals surface area contributed by atoms with Crippen molar-refractivity contribution in [2.45, 2.75) is 36.2 Å². The van der Waals surface area contributed by atoms with Gasteiger partial charge in [0, 0.05) is 9.97 Å². The molecule has 10 heavy (non-hydrogen) atoms. The van der Waals surface area contributed by atoms with Gasteiger partial charge in [-0.05, 0) is 32.9 Å². The minimum absolute atomic E-state index is 0.857. The second-order valence-electron chi connectivity index (χ2n) is 3.16. The molecule has 1 rings (SSSR count). The fraction of sp³-hybridized carbons (Fsp3) is 1.00. The molecule has 1 fully saturated rings. The van der Waals surface area contributed by atoms with Crippen molar-refractivity contribution in [3.63, 3.8) is 0 Å². The second-order valence-corrected chi connectivity index (χ2v) is 4.93. The first-order chi connectivity index (χ1) is 4.74. The van der Waals surface area contributed by atoms with Crippen LogP contribution in [0.25, 0.3) is 0 Å². The lowest BCUT2D eigenvalue weighted by Crippen LogP contribution is -2.39. The summed E-state index contributed by atoms with van der Waals surface area (Å²) in [5.41, 5.74) is 0. The van der Waals surface area contributed by atoms with Crippen molar-refractivity contribution in [1.82, 2.24) is 4.90 Å². The van der Waals surface area contributed by atoms with Crippen LogP contribution in [0.2, 0.25) is 0 Å². The normalized spacial score (nSPS) is 36.3. The Bertz CT molecular complexity index is 105. The second kappa shape index (κ2) is 3.90. The monoisotopic (exact) mass is 253 g/mol. The van der Waals surface area contributed by atoms with E-state index in [0.29, 0.717) is 0 Å². The highest BCUT2D eigenvalue weighted by molar-refractivity contribution is 14.1. The molecule has 0 radical (unpaired) electrons. The molecule has 0 spiro atoms. The Labute approximate surface area is 77.3 Å². The van der Waals surface area contributed by atoms with E-state index in [2.05, 4.69) is 41.5 Å². The predicted octanol–water partition coefficient (Wildman–Crippen LogP) is 2.29. The third kappa shape index (κ3) is 2.09. The molecule has 1 aliphatic rings. The lowest BCUT2D eigenvalue weighted by Gasteiger charge is -2.34. The summed E-state index contributed by atoms with van der Waals surface area (Å²) in [6.07, 6.45) is 4.09. The molecule has 0 aromatic heterocycles. The Morgan fingerprint density at radius 3 is 2.80 bits per heavy atom. The first kappa shape index (κ1) is 8.78. The highest BCUT2D eigenvalue weighted by Gasteiger charge is 2.22. The highest BCUT2D eigenvalue weighted by atomic mass is 127. The van der Waals surface area contributed by atoms with E-state index < -0.39 is 0 Å². The van der Waals surface area contributed by atoms with Crippen LogP contribution in [0.15, 0.2) is 0 Å². The number of rotatable bonds is 1. The fourth-order valence-corrected chi connectivity index (χ4v) is 2.46. The number of hydrogen-bond donors (Lipinski definition) is 0. The Morgan fingerprint density at radius 1 is 1.60 bits per heavy atom. The highest BCUT2D eigenvalue weighted by Crippen LogP contribution is 2.23. The average Bonchev–Trinajstić information content (AvgIpc) is 1.94. The van der Waals surface area contributed by atoms with Gasteiger partial charge in [-0.2, -0.15) is 0 Å². The van der Waals surface area contributed by atoms with Crippen LogP contribution in [0.3, 0.4) is 0 Å². The lowest BCUT2D eigenvalue weighted by molar-refractivity contribution is 0.188. The van der Waals surface area contributed by atoms with Crippen molar-refractivity contribution in [3.05, 3.63) is 0 Å². The van der Waals surface area contributed by atoms with Gasteiger partial charge in [-0.3, -0.25) is 0 Å². The summed E-state index contributed by atoms with van der Waals surface area (Å²) in [5.74, 6) is 0. The third-order valence-corrected chi connectivity index (χ3v) is 3.55. The Hall–Kier alpha value is 0.690. The zero-order chi connectivity index (χ0) is 7.56. The van der Waals surface area contributed by atoms with E-state index in [1.165, 1.54) is 25.8 Å². The Balaban J connectivity index is 2.38. The maximum absolute atomic E-state index is 2.58. The predicted molar refractivity (Wildman–Crippen MR) is 53.8 cm³/mol. The van der Waals surface area contributed by atoms with E-state index in [1.54, 1.807) is 0 Å². The van der Waals surface area contributed by atoms with Gasteiger partial charge in [0.05, 0.1) is 0 Å². The molecule has 0 amide bonds. The number of halogens is 1. The quantitative estimate of drug-likeness (QED) is 0.512. The maximum atomic E-state index is 2.58. The molecule has 1 nitrogen and oxygen atoms in total. The minimum Gasteiger partial charge on any atom is -0.303 e. The van der Waals surface area contributed by atoms with Crippen LogP contribution >= 0.6 is 22.6 Å². The topological polar surface area (TPSA) is 3.24 Å². The smallest absolute Gasteiger partial charge is 0.0137 e. The minimum atomic E-state index is 0.857. The van der Waals surface area contributed by atoms with Gasteiger partial charge in [0.25, 0.3) is 0 Å². The number of alkyl halides is 1. The van der Waals surface area contributed by atoms with Crippen molar-refractivity contribution in [1.29, 1.82) is 0 Å². The van der Waals surface area contributed by atoms with Crippen LogP contribution < -0.4 is 0 Å². The first-order valence-electron chi connectivity index (χ1n) is 4.08. The van der Waals surface area contributed by atoms with E-state index in [9.17, 15) is 0 Å². The maximum Gasteiger partial charge on any atom is 0.0137 e. The number of nitrogens with zero attached hydrogens (tertiary/aromatic N) is 1. The van der Waals surface area contributed by atoms with Gasteiger partial charge in [0.1, 0.15) is 0 Å². The summed E-state index contributed by atoms with van der Waals surface area (Å²) >= 11 is 2.58. The Morgan fingerprint density at radius 2 is 2.30 bits per heavy atom. The first-order valence-corrected chi connectivity index (χ1v) is 5.33. The molecular weight excluding hydrogens is 237 g/mol. The molecule has 0 saturated carbocycles. The van der Waals surface area contributed by atoms with Crippen molar-refractivity contribution in [2.75, 3.05) is 13.6 Å². The van der Waals surface area contributed by atoms with E-state index in [0.717, 1.165) is 9.97 Å². The molecule has 1 heterocycles. The van der Waals surface area contributed by atoms with Gasteiger partial charge in [0.2, 0.25) is 0 Å². The molecule has 0 unspecified atom stereocenters. The van der Waals surface area contributed by atoms with Crippen molar-refractivity contribution in [2.24, 2.45) is 0 Å². The van der Waals surface area contributed by atoms with Gasteiger partial charge in [-0.25, -0.2) is 0 Å². The molecule has 1 aliphatic heterocycles. The van der Waals surface area contributed by atoms with E-state index >= 15 is 0 Å². The van der Waals surface area contributed by atoms with Crippen LogP contribution in [0.1, 0.15) is 26.2 Å². The van der Waals surface area contributed by atoms with Gasteiger partial charge in [0.15, 0.2) is 0 Å². The van der Waals surface area contributed by atoms with Gasteiger partial charge in [-0.15, -0.1) is 0 Å². The number of piperidine rings is 1. The fourth-order valence-electron chi connectivity index (χ4n) is 1.60. The van der Waals surface area contributed by atoms with Crippen LogP contribution in [0, 0.1) is 0 Å². The summed E-state index contributed by atoms with van der Waals surface area (Å²) in [7, 11) is 2.25. The summed E-state index contributed by atoms with van der Waals surface area (Å²) in [6, 6.07) is 0.857. The molecule has 0 aromatic carbocycles. The van der Waals surface area contributed by atoms with Crippen LogP contribution in [0.5, 0.6) is 0 Å². The molecule has 0 aliphatic carbocycles. The van der Waals surface area contributed by atoms with E-state index in [-0.39, 0.29) is 0 Å². The average molecular weight is 253 g/mol. The summed E-state index contributed by atoms with van der Waals surface area (Å²) in [5, 5.41) is 0. The zero-order valence-corrected chi connectivity index (χ0v) is 8.97.